The van der Waals surface area contributed by atoms with Crippen LogP contribution in [0.1, 0.15) is 126 Å². The van der Waals surface area contributed by atoms with Gasteiger partial charge in [0, 0.05) is 58.5 Å². The van der Waals surface area contributed by atoms with Crippen LogP contribution in [0.25, 0.3) is 0 Å². The summed E-state index contributed by atoms with van der Waals surface area (Å²) in [6, 6.07) is -1.14. The molecule has 0 aromatic rings. The summed E-state index contributed by atoms with van der Waals surface area (Å²) >= 11 is 0. The lowest BCUT2D eigenvalue weighted by Gasteiger charge is -2.42. The van der Waals surface area contributed by atoms with Gasteiger partial charge in [-0.2, -0.15) is 0 Å². The summed E-state index contributed by atoms with van der Waals surface area (Å²) in [5.74, 6) is -7.96. The summed E-state index contributed by atoms with van der Waals surface area (Å²) in [7, 11) is 4.52. The van der Waals surface area contributed by atoms with E-state index in [0.29, 0.717) is 63.4 Å². The number of Topliss-reactive ketones (excluding diaryl/α,β-unsaturated/α-hetero) is 3. The molecule has 0 radical (unpaired) electrons. The molecule has 0 spiro atoms. The highest BCUT2D eigenvalue weighted by molar-refractivity contribution is 6.39. The molecule has 3 N–H and O–H groups in total. The number of carbonyl (C=O) groups is 5. The minimum atomic E-state index is -2.43. The smallest absolute Gasteiger partial charge is 0.329 e. The molecule has 1 unspecified atom stereocenters. The van der Waals surface area contributed by atoms with E-state index in [2.05, 4.69) is 0 Å². The Kier molecular flexibility index (Phi) is 21.0. The Labute approximate surface area is 387 Å². The summed E-state index contributed by atoms with van der Waals surface area (Å²) in [6.07, 6.45) is 11.2. The maximum Gasteiger partial charge on any atom is 0.329 e. The van der Waals surface area contributed by atoms with Crippen LogP contribution >= 0.6 is 0 Å². The van der Waals surface area contributed by atoms with Crippen molar-refractivity contribution in [2.45, 2.75) is 180 Å². The van der Waals surface area contributed by atoms with Crippen molar-refractivity contribution in [3.8, 4) is 0 Å². The van der Waals surface area contributed by atoms with E-state index in [1.807, 2.05) is 58.1 Å². The van der Waals surface area contributed by atoms with Crippen molar-refractivity contribution < 1.29 is 63.0 Å². The van der Waals surface area contributed by atoms with Gasteiger partial charge in [-0.15, -0.1) is 0 Å². The fourth-order valence-corrected chi connectivity index (χ4v) is 10.1. The fourth-order valence-electron chi connectivity index (χ4n) is 10.1. The van der Waals surface area contributed by atoms with Crippen molar-refractivity contribution in [1.29, 1.82) is 0 Å². The highest BCUT2D eigenvalue weighted by Gasteiger charge is 2.53. The number of aliphatic hydroxyl groups excluding tert-OH is 2. The number of cyclic esters (lactones) is 1. The second kappa shape index (κ2) is 25.1. The topological polar surface area (TPSA) is 195 Å². The van der Waals surface area contributed by atoms with E-state index in [9.17, 15) is 39.3 Å². The molecule has 0 aromatic heterocycles. The van der Waals surface area contributed by atoms with Gasteiger partial charge < -0.3 is 43.9 Å². The molecule has 14 nitrogen and oxygen atoms in total. The molecule has 15 atom stereocenters. The number of fused-ring (bicyclic) bond motifs is 3. The van der Waals surface area contributed by atoms with E-state index >= 15 is 0 Å². The summed E-state index contributed by atoms with van der Waals surface area (Å²) < 4.78 is 29.4. The molecule has 3 heterocycles. The first-order valence-electron chi connectivity index (χ1n) is 23.9. The Morgan fingerprint density at radius 1 is 0.846 bits per heavy atom. The fraction of sp³-hybridized carbons (Fsp3) is 0.745. The average Bonchev–Trinajstić information content (AvgIpc) is 3.28. The van der Waals surface area contributed by atoms with Crippen molar-refractivity contribution in [2.24, 2.45) is 35.5 Å². The molecule has 1 saturated carbocycles. The number of aliphatic hydroxyl groups is 3. The van der Waals surface area contributed by atoms with Gasteiger partial charge >= 0.3 is 5.97 Å². The van der Waals surface area contributed by atoms with Crippen molar-refractivity contribution in [3.63, 3.8) is 0 Å². The number of carbonyl (C=O) groups excluding carboxylic acids is 5. The SMILES string of the molecule is CO[C@H]1C[C@@H]2CC[C@@H](C)[C@@](O)(O2)C(=O)C(=O)N2CCCCC2C(=O)O[C@H]([C@H](C)C[C@@H]2CC[C@@H](O)[C@H](OC)C2)CC(=O)[C@H](C)/C=C(\C)[C@@H](O)[C@@H](OC)C(=O)[C@H](C)C[C@H](C)/C=C/C=C/C=C/1C. The number of nitrogens with zero attached hydrogens (tertiary/aromatic N) is 1. The number of rotatable bonds is 6. The Morgan fingerprint density at radius 3 is 2.25 bits per heavy atom. The van der Waals surface area contributed by atoms with E-state index in [-0.39, 0.29) is 54.8 Å². The van der Waals surface area contributed by atoms with Gasteiger partial charge in [0.05, 0.1) is 24.4 Å². The zero-order valence-electron chi connectivity index (χ0n) is 40.6. The highest BCUT2D eigenvalue weighted by atomic mass is 16.6. The molecule has 2 bridgehead atoms. The minimum absolute atomic E-state index is 0.0193. The highest BCUT2D eigenvalue weighted by Crippen LogP contribution is 2.38. The quantitative estimate of drug-likeness (QED) is 0.156. The first-order chi connectivity index (χ1) is 30.7. The third kappa shape index (κ3) is 14.3. The van der Waals surface area contributed by atoms with Crippen LogP contribution < -0.4 is 0 Å². The van der Waals surface area contributed by atoms with Gasteiger partial charge in [0.1, 0.15) is 30.1 Å². The third-order valence-corrected chi connectivity index (χ3v) is 14.5. The number of hydrogen-bond acceptors (Lipinski definition) is 13. The minimum Gasteiger partial charge on any atom is -0.460 e. The Hall–Kier alpha value is -3.37. The number of esters is 1. The molecule has 2 saturated heterocycles. The molecule has 4 aliphatic rings. The maximum atomic E-state index is 14.4. The van der Waals surface area contributed by atoms with Crippen LogP contribution in [0.4, 0.5) is 0 Å². The van der Waals surface area contributed by atoms with Crippen LogP contribution in [0.15, 0.2) is 47.6 Å². The zero-order chi connectivity index (χ0) is 48.2. The zero-order valence-corrected chi connectivity index (χ0v) is 40.6. The van der Waals surface area contributed by atoms with Gasteiger partial charge in [-0.1, -0.05) is 71.1 Å². The third-order valence-electron chi connectivity index (χ3n) is 14.5. The van der Waals surface area contributed by atoms with Crippen molar-refractivity contribution in [1.82, 2.24) is 4.90 Å². The maximum absolute atomic E-state index is 14.4. The van der Waals surface area contributed by atoms with Crippen LogP contribution in [0, 0.1) is 35.5 Å². The van der Waals surface area contributed by atoms with Crippen LogP contribution in [0.5, 0.6) is 0 Å². The van der Waals surface area contributed by atoms with E-state index < -0.39 is 83.9 Å². The molecule has 3 aliphatic heterocycles. The predicted molar refractivity (Wildman–Crippen MR) is 245 cm³/mol. The van der Waals surface area contributed by atoms with Crippen LogP contribution in [0.3, 0.4) is 0 Å². The normalized spacial score (nSPS) is 40.4. The van der Waals surface area contributed by atoms with Gasteiger partial charge in [-0.25, -0.2) is 4.79 Å². The van der Waals surface area contributed by atoms with Gasteiger partial charge in [0.2, 0.25) is 5.79 Å². The van der Waals surface area contributed by atoms with Crippen molar-refractivity contribution >= 4 is 29.2 Å². The van der Waals surface area contributed by atoms with Gasteiger partial charge in [0.25, 0.3) is 11.7 Å². The predicted octanol–water partition coefficient (Wildman–Crippen LogP) is 6.18. The monoisotopic (exact) mass is 914 g/mol. The summed E-state index contributed by atoms with van der Waals surface area (Å²) in [5, 5.41) is 33.8. The molecular formula is C51H79NO13. The van der Waals surface area contributed by atoms with Crippen LogP contribution in [-0.2, 0) is 47.7 Å². The van der Waals surface area contributed by atoms with Crippen LogP contribution in [0.2, 0.25) is 0 Å². The summed E-state index contributed by atoms with van der Waals surface area (Å²) in [4.78, 5) is 71.8. The molecular weight excluding hydrogens is 835 g/mol. The second-order valence-electron chi connectivity index (χ2n) is 19.6. The molecule has 1 amide bonds. The molecule has 3 fully saturated rings. The number of ketones is 3. The van der Waals surface area contributed by atoms with Crippen LogP contribution in [-0.4, -0.2) is 132 Å². The Bertz CT molecular complexity index is 1760. The van der Waals surface area contributed by atoms with E-state index in [1.165, 1.54) is 12.0 Å². The number of methoxy groups -OCH3 is 3. The van der Waals surface area contributed by atoms with E-state index in [4.69, 9.17) is 23.7 Å². The first kappa shape index (κ1) is 54.2. The molecule has 366 valence electrons. The largest absolute Gasteiger partial charge is 0.460 e. The standard InChI is InChI=1S/C51H79NO13/c1-30-16-12-11-13-17-31(2)42(61-8)28-38-21-19-36(7)51(60,65-38)48(57)49(58)52-23-15-14-18-39(52)50(59)64-43(33(4)26-37-20-22-40(53)44(27-37)62-9)29-41(54)32(3)25-35(6)46(56)47(63-10)45(55)34(5)24-30/h11-13,16-17,25,30,32-34,36-40,42-44,46-47,53,56,60H,14-15,18-24,26-29H2,1-10H3/b13-11+,16-12+,31-17+,35-25+/t30-,32-,33-,34-,36-,37+,38+,39?,40-,42+,43+,44-,46-,47+,51-/m1/s1. The lowest BCUT2D eigenvalue weighted by molar-refractivity contribution is -0.265. The molecule has 4 rings (SSSR count). The second-order valence-corrected chi connectivity index (χ2v) is 19.6. The van der Waals surface area contributed by atoms with Gasteiger partial charge in [-0.05, 0) is 107 Å². The van der Waals surface area contributed by atoms with Crippen molar-refractivity contribution in [3.05, 3.63) is 47.6 Å². The average molecular weight is 914 g/mol. The first-order valence-corrected chi connectivity index (χ1v) is 23.9. The molecule has 0 aromatic carbocycles. The number of ether oxygens (including phenoxy) is 5. The number of hydrogen-bond donors (Lipinski definition) is 3. The lowest BCUT2D eigenvalue weighted by Crippen LogP contribution is -2.61. The van der Waals surface area contributed by atoms with E-state index in [0.717, 1.165) is 12.0 Å². The molecule has 14 heteroatoms. The number of allylic oxidation sites excluding steroid dienone is 6. The van der Waals surface area contributed by atoms with E-state index in [1.54, 1.807) is 41.1 Å². The molecule has 65 heavy (non-hydrogen) atoms. The number of piperidine rings is 1. The summed E-state index contributed by atoms with van der Waals surface area (Å²) in [6.45, 7) is 12.7. The number of amides is 1. The Morgan fingerprint density at radius 2 is 1.57 bits per heavy atom. The Balaban J connectivity index is 1.70. The molecule has 1 aliphatic carbocycles. The summed E-state index contributed by atoms with van der Waals surface area (Å²) in [5.41, 5.74) is 1.27. The van der Waals surface area contributed by atoms with Gasteiger partial charge in [-0.3, -0.25) is 19.2 Å². The van der Waals surface area contributed by atoms with Crippen molar-refractivity contribution in [2.75, 3.05) is 27.9 Å². The van der Waals surface area contributed by atoms with Gasteiger partial charge in [0.15, 0.2) is 5.78 Å². The lowest BCUT2D eigenvalue weighted by atomic mass is 9.78.